The molecule has 1 fully saturated rings. The van der Waals surface area contributed by atoms with Gasteiger partial charge in [0.15, 0.2) is 11.5 Å². The van der Waals surface area contributed by atoms with Gasteiger partial charge in [-0.2, -0.15) is 0 Å². The molecule has 1 heterocycles. The Morgan fingerprint density at radius 3 is 2.60 bits per heavy atom. The molecule has 1 aliphatic rings. The molecule has 1 aliphatic heterocycles. The van der Waals surface area contributed by atoms with E-state index in [-0.39, 0.29) is 17.8 Å². The molecule has 0 radical (unpaired) electrons. The maximum absolute atomic E-state index is 11.1. The highest BCUT2D eigenvalue weighted by molar-refractivity contribution is 8.13. The zero-order chi connectivity index (χ0) is 14.8. The largest absolute Gasteiger partial charge is 0.493 e. The maximum Gasteiger partial charge on any atom is 0.235 e. The number of ether oxygens (including phenoxy) is 3. The molecule has 2 atom stereocenters. The lowest BCUT2D eigenvalue weighted by Crippen LogP contribution is -2.16. The second-order valence-corrected chi connectivity index (χ2v) is 7.53. The third-order valence-corrected chi connectivity index (χ3v) is 4.49. The average Bonchev–Trinajstić information content (AvgIpc) is 2.84. The maximum atomic E-state index is 11.1. The number of benzene rings is 1. The zero-order valence-electron chi connectivity index (χ0n) is 11.3. The first-order chi connectivity index (χ1) is 9.43. The van der Waals surface area contributed by atoms with Gasteiger partial charge in [-0.1, -0.05) is 6.07 Å². The van der Waals surface area contributed by atoms with E-state index in [1.807, 2.05) is 18.2 Å². The highest BCUT2D eigenvalue weighted by atomic mass is 35.7. The number of hydrogen-bond donors (Lipinski definition) is 0. The topological polar surface area (TPSA) is 61.8 Å². The van der Waals surface area contributed by atoms with Gasteiger partial charge in [-0.3, -0.25) is 0 Å². The van der Waals surface area contributed by atoms with E-state index in [1.165, 1.54) is 0 Å². The van der Waals surface area contributed by atoms with E-state index in [4.69, 9.17) is 24.9 Å². The van der Waals surface area contributed by atoms with Gasteiger partial charge in [0.1, 0.15) is 0 Å². The summed E-state index contributed by atoms with van der Waals surface area (Å²) in [4.78, 5) is 0. The Balaban J connectivity index is 2.10. The summed E-state index contributed by atoms with van der Waals surface area (Å²) in [6, 6.07) is 5.66. The van der Waals surface area contributed by atoms with Crippen molar-refractivity contribution in [3.63, 3.8) is 0 Å². The van der Waals surface area contributed by atoms with Gasteiger partial charge in [0.25, 0.3) is 0 Å². The molecule has 2 unspecified atom stereocenters. The van der Waals surface area contributed by atoms with Gasteiger partial charge in [0.05, 0.1) is 32.7 Å². The van der Waals surface area contributed by atoms with Crippen molar-refractivity contribution < 1.29 is 22.6 Å². The lowest BCUT2D eigenvalue weighted by Gasteiger charge is -2.13. The minimum Gasteiger partial charge on any atom is -0.493 e. The van der Waals surface area contributed by atoms with Crippen LogP contribution >= 0.6 is 10.7 Å². The summed E-state index contributed by atoms with van der Waals surface area (Å²) in [5, 5.41) is 0. The summed E-state index contributed by atoms with van der Waals surface area (Å²) in [6.45, 7) is 0.479. The Morgan fingerprint density at radius 1 is 1.30 bits per heavy atom. The monoisotopic (exact) mass is 320 g/mol. The van der Waals surface area contributed by atoms with E-state index in [1.54, 1.807) is 14.2 Å². The normalized spacial score (nSPS) is 22.8. The molecule has 0 bridgehead atoms. The lowest BCUT2D eigenvalue weighted by atomic mass is 9.96. The predicted molar refractivity (Wildman–Crippen MR) is 76.3 cm³/mol. The van der Waals surface area contributed by atoms with Crippen molar-refractivity contribution in [2.45, 2.75) is 18.4 Å². The molecule has 0 aliphatic carbocycles. The van der Waals surface area contributed by atoms with Crippen LogP contribution in [-0.2, 0) is 13.8 Å². The van der Waals surface area contributed by atoms with Crippen LogP contribution < -0.4 is 9.47 Å². The van der Waals surface area contributed by atoms with Crippen molar-refractivity contribution in [1.82, 2.24) is 0 Å². The minimum absolute atomic E-state index is 0.137. The van der Waals surface area contributed by atoms with Crippen LogP contribution in [0.3, 0.4) is 0 Å². The van der Waals surface area contributed by atoms with Crippen molar-refractivity contribution in [1.29, 1.82) is 0 Å². The van der Waals surface area contributed by atoms with Crippen LogP contribution in [0.1, 0.15) is 17.9 Å². The summed E-state index contributed by atoms with van der Waals surface area (Å²) in [6.07, 6.45) is 0.275. The van der Waals surface area contributed by atoms with E-state index < -0.39 is 9.05 Å². The van der Waals surface area contributed by atoms with E-state index in [2.05, 4.69) is 0 Å². The Bertz CT molecular complexity index is 572. The summed E-state index contributed by atoms with van der Waals surface area (Å²) < 4.78 is 38.1. The summed E-state index contributed by atoms with van der Waals surface area (Å²) in [7, 11) is 4.88. The van der Waals surface area contributed by atoms with Gasteiger partial charge in [0.2, 0.25) is 9.05 Å². The second-order valence-electron chi connectivity index (χ2n) is 4.71. The Labute approximate surface area is 123 Å². The quantitative estimate of drug-likeness (QED) is 0.778. The second kappa shape index (κ2) is 6.20. The Hall–Kier alpha value is -0.980. The van der Waals surface area contributed by atoms with Crippen molar-refractivity contribution in [3.8, 4) is 11.5 Å². The number of methoxy groups -OCH3 is 2. The van der Waals surface area contributed by atoms with Gasteiger partial charge in [-0.25, -0.2) is 8.42 Å². The molecule has 5 nitrogen and oxygen atoms in total. The molecule has 112 valence electrons. The fraction of sp³-hybridized carbons (Fsp3) is 0.538. The van der Waals surface area contributed by atoms with Gasteiger partial charge in [-0.05, 0) is 24.1 Å². The molecule has 1 aromatic rings. The van der Waals surface area contributed by atoms with Gasteiger partial charge < -0.3 is 14.2 Å². The summed E-state index contributed by atoms with van der Waals surface area (Å²) in [5.41, 5.74) is 1.04. The fourth-order valence-electron chi connectivity index (χ4n) is 2.38. The molecule has 0 spiro atoms. The molecule has 0 saturated carbocycles. The molecule has 1 saturated heterocycles. The van der Waals surface area contributed by atoms with Crippen LogP contribution in [0.5, 0.6) is 11.5 Å². The first-order valence-electron chi connectivity index (χ1n) is 6.19. The first-order valence-corrected chi connectivity index (χ1v) is 8.66. The van der Waals surface area contributed by atoms with Crippen LogP contribution in [-0.4, -0.2) is 41.1 Å². The smallest absolute Gasteiger partial charge is 0.235 e. The van der Waals surface area contributed by atoms with E-state index in [0.717, 1.165) is 5.56 Å². The molecule has 2 rings (SSSR count). The van der Waals surface area contributed by atoms with Crippen LogP contribution in [0.4, 0.5) is 0 Å². The molecule has 0 amide bonds. The van der Waals surface area contributed by atoms with Crippen molar-refractivity contribution >= 4 is 19.7 Å². The molecular weight excluding hydrogens is 304 g/mol. The Kier molecular flexibility index (Phi) is 4.78. The Morgan fingerprint density at radius 2 is 2.00 bits per heavy atom. The highest BCUT2D eigenvalue weighted by Crippen LogP contribution is 2.35. The zero-order valence-corrected chi connectivity index (χ0v) is 12.9. The molecule has 0 N–H and O–H groups in total. The van der Waals surface area contributed by atoms with E-state index in [0.29, 0.717) is 24.5 Å². The van der Waals surface area contributed by atoms with E-state index >= 15 is 0 Å². The van der Waals surface area contributed by atoms with Crippen LogP contribution in [0.25, 0.3) is 0 Å². The standard InChI is InChI=1S/C13H17ClO5S/c1-17-12-4-3-9(6-13(12)18-2)10-5-11(19-7-10)8-20(14,15)16/h3-4,6,10-11H,5,7-8H2,1-2H3. The number of rotatable bonds is 5. The summed E-state index contributed by atoms with van der Waals surface area (Å²) >= 11 is 0. The van der Waals surface area contributed by atoms with Crippen molar-refractivity contribution in [3.05, 3.63) is 23.8 Å². The van der Waals surface area contributed by atoms with Crippen molar-refractivity contribution in [2.75, 3.05) is 26.6 Å². The molecule has 7 heteroatoms. The third kappa shape index (κ3) is 3.77. The first kappa shape index (κ1) is 15.4. The molecule has 0 aromatic heterocycles. The summed E-state index contributed by atoms with van der Waals surface area (Å²) in [5.74, 6) is 1.30. The molecular formula is C13H17ClO5S. The number of halogens is 1. The fourth-order valence-corrected chi connectivity index (χ4v) is 3.48. The van der Waals surface area contributed by atoms with Crippen molar-refractivity contribution in [2.24, 2.45) is 0 Å². The lowest BCUT2D eigenvalue weighted by molar-refractivity contribution is 0.126. The SMILES string of the molecule is COc1ccc(C2COC(CS(=O)(=O)Cl)C2)cc1OC. The third-order valence-electron chi connectivity index (χ3n) is 3.34. The molecule has 20 heavy (non-hydrogen) atoms. The highest BCUT2D eigenvalue weighted by Gasteiger charge is 2.30. The predicted octanol–water partition coefficient (Wildman–Crippen LogP) is 2.14. The van der Waals surface area contributed by atoms with Crippen LogP contribution in [0.15, 0.2) is 18.2 Å². The van der Waals surface area contributed by atoms with E-state index in [9.17, 15) is 8.42 Å². The van der Waals surface area contributed by atoms with Gasteiger partial charge >= 0.3 is 0 Å². The van der Waals surface area contributed by atoms with Gasteiger partial charge in [0, 0.05) is 16.6 Å². The number of hydrogen-bond acceptors (Lipinski definition) is 5. The minimum atomic E-state index is -3.53. The van der Waals surface area contributed by atoms with Crippen LogP contribution in [0.2, 0.25) is 0 Å². The van der Waals surface area contributed by atoms with Crippen LogP contribution in [0, 0.1) is 0 Å². The van der Waals surface area contributed by atoms with Gasteiger partial charge in [-0.15, -0.1) is 0 Å². The molecule has 1 aromatic carbocycles. The average molecular weight is 321 g/mol.